The zero-order chi connectivity index (χ0) is 32.3. The van der Waals surface area contributed by atoms with Gasteiger partial charge in [-0.3, -0.25) is 0 Å². The number of ether oxygens (including phenoxy) is 5. The summed E-state index contributed by atoms with van der Waals surface area (Å²) in [5.41, 5.74) is 4.00. The summed E-state index contributed by atoms with van der Waals surface area (Å²) in [6.07, 6.45) is -3.47. The van der Waals surface area contributed by atoms with E-state index in [9.17, 15) is 10.2 Å². The summed E-state index contributed by atoms with van der Waals surface area (Å²) in [5.74, 6) is -2.24. The first kappa shape index (κ1) is 32.6. The Hall–Kier alpha value is -4.34. The molecule has 5 aromatic carbocycles. The lowest BCUT2D eigenvalue weighted by atomic mass is 9.87. The molecule has 0 radical (unpaired) electrons. The lowest BCUT2D eigenvalue weighted by Crippen LogP contribution is -2.65. The molecule has 2 N–H and O–H groups in total. The van der Waals surface area contributed by atoms with Gasteiger partial charge >= 0.3 is 0 Å². The van der Waals surface area contributed by atoms with Crippen molar-refractivity contribution in [2.75, 3.05) is 6.61 Å². The highest BCUT2D eigenvalue weighted by Crippen LogP contribution is 2.44. The average Bonchev–Trinajstić information content (AvgIpc) is 3.12. The minimum Gasteiger partial charge on any atom is -0.507 e. The van der Waals surface area contributed by atoms with Gasteiger partial charge in [-0.2, -0.15) is 0 Å². The van der Waals surface area contributed by atoms with Crippen LogP contribution < -0.4 is 0 Å². The third kappa shape index (κ3) is 8.34. The first-order valence-corrected chi connectivity index (χ1v) is 15.9. The van der Waals surface area contributed by atoms with Gasteiger partial charge in [0.05, 0.1) is 38.6 Å². The van der Waals surface area contributed by atoms with Crippen molar-refractivity contribution in [3.05, 3.63) is 173 Å². The van der Waals surface area contributed by atoms with E-state index in [1.54, 1.807) is 18.2 Å². The number of para-hydroxylation sites is 1. The maximum absolute atomic E-state index is 12.6. The van der Waals surface area contributed by atoms with E-state index >= 15 is 0 Å². The van der Waals surface area contributed by atoms with Crippen molar-refractivity contribution >= 4 is 0 Å². The van der Waals surface area contributed by atoms with E-state index in [2.05, 4.69) is 0 Å². The van der Waals surface area contributed by atoms with Crippen molar-refractivity contribution in [2.24, 2.45) is 0 Å². The molecule has 0 amide bonds. The van der Waals surface area contributed by atoms with Gasteiger partial charge in [0.15, 0.2) is 0 Å². The third-order valence-corrected chi connectivity index (χ3v) is 8.23. The number of benzene rings is 5. The highest BCUT2D eigenvalue weighted by atomic mass is 16.7. The lowest BCUT2D eigenvalue weighted by molar-refractivity contribution is -0.379. The van der Waals surface area contributed by atoms with Crippen molar-refractivity contribution in [3.8, 4) is 5.75 Å². The number of phenols is 1. The third-order valence-electron chi connectivity index (χ3n) is 8.23. The molecule has 0 aromatic heterocycles. The molecule has 5 aromatic rings. The van der Waals surface area contributed by atoms with Crippen molar-refractivity contribution in [1.29, 1.82) is 0 Å². The van der Waals surface area contributed by atoms with Crippen LogP contribution in [0.2, 0.25) is 0 Å². The maximum atomic E-state index is 12.6. The van der Waals surface area contributed by atoms with Crippen LogP contribution in [-0.4, -0.2) is 41.2 Å². The molecule has 0 bridgehead atoms. The summed E-state index contributed by atoms with van der Waals surface area (Å²) in [7, 11) is 0. The Balaban J connectivity index is 1.38. The Morgan fingerprint density at radius 3 is 1.45 bits per heavy atom. The largest absolute Gasteiger partial charge is 0.507 e. The molecule has 7 heteroatoms. The zero-order valence-corrected chi connectivity index (χ0v) is 26.1. The summed E-state index contributed by atoms with van der Waals surface area (Å²) in [6.45, 7) is 1.09. The van der Waals surface area contributed by atoms with Gasteiger partial charge in [-0.1, -0.05) is 133 Å². The fourth-order valence-corrected chi connectivity index (χ4v) is 5.85. The first-order chi connectivity index (χ1) is 23.1. The van der Waals surface area contributed by atoms with Gasteiger partial charge in [-0.25, -0.2) is 0 Å². The molecule has 47 heavy (non-hydrogen) atoms. The fourth-order valence-electron chi connectivity index (χ4n) is 5.85. The molecule has 242 valence electrons. The van der Waals surface area contributed by atoms with Crippen molar-refractivity contribution in [3.63, 3.8) is 0 Å². The van der Waals surface area contributed by atoms with Crippen LogP contribution in [0.15, 0.2) is 146 Å². The van der Waals surface area contributed by atoms with Gasteiger partial charge in [0.25, 0.3) is 0 Å². The van der Waals surface area contributed by atoms with E-state index in [1.165, 1.54) is 6.07 Å². The molecule has 6 rings (SSSR count). The summed E-state index contributed by atoms with van der Waals surface area (Å²) in [6, 6.07) is 45.8. The van der Waals surface area contributed by atoms with Crippen LogP contribution in [0.3, 0.4) is 0 Å². The predicted octanol–water partition coefficient (Wildman–Crippen LogP) is 6.91. The SMILES string of the molecule is Oc1ccccc1C1(O)OC(COCc2ccccc2)C(OCc2ccccc2)C(OCc2ccccc2)C1OCc1ccccc1. The minimum atomic E-state index is -2.12. The average molecular weight is 633 g/mol. The van der Waals surface area contributed by atoms with E-state index in [0.717, 1.165) is 22.3 Å². The second-order valence-corrected chi connectivity index (χ2v) is 11.6. The van der Waals surface area contributed by atoms with E-state index in [-0.39, 0.29) is 37.7 Å². The van der Waals surface area contributed by atoms with Crippen molar-refractivity contribution in [1.82, 2.24) is 0 Å². The number of phenolic OH excluding ortho intramolecular Hbond substituents is 1. The molecule has 1 fully saturated rings. The van der Waals surface area contributed by atoms with Gasteiger partial charge < -0.3 is 33.9 Å². The summed E-state index contributed by atoms with van der Waals surface area (Å²) >= 11 is 0. The van der Waals surface area contributed by atoms with Crippen LogP contribution in [0.4, 0.5) is 0 Å². The van der Waals surface area contributed by atoms with Gasteiger partial charge in [0.1, 0.15) is 30.2 Å². The Morgan fingerprint density at radius 1 is 0.511 bits per heavy atom. The molecule has 7 nitrogen and oxygen atoms in total. The fraction of sp³-hybridized carbons (Fsp3) is 0.250. The number of hydrogen-bond acceptors (Lipinski definition) is 7. The normalized spacial score (nSPS) is 22.6. The lowest BCUT2D eigenvalue weighted by Gasteiger charge is -2.50. The number of aromatic hydroxyl groups is 1. The van der Waals surface area contributed by atoms with Gasteiger partial charge in [0.2, 0.25) is 5.79 Å². The monoisotopic (exact) mass is 632 g/mol. The highest BCUT2D eigenvalue weighted by molar-refractivity contribution is 5.37. The quantitative estimate of drug-likeness (QED) is 0.138. The number of hydrogen-bond donors (Lipinski definition) is 2. The molecule has 0 aliphatic carbocycles. The second-order valence-electron chi connectivity index (χ2n) is 11.6. The molecule has 5 unspecified atom stereocenters. The van der Waals surface area contributed by atoms with Crippen LogP contribution >= 0.6 is 0 Å². The molecule has 1 aliphatic heterocycles. The van der Waals surface area contributed by atoms with Crippen LogP contribution in [0, 0.1) is 0 Å². The maximum Gasteiger partial charge on any atom is 0.226 e. The molecule has 1 saturated heterocycles. The van der Waals surface area contributed by atoms with E-state index in [1.807, 2.05) is 121 Å². The number of aliphatic hydroxyl groups is 1. The van der Waals surface area contributed by atoms with Gasteiger partial charge in [0, 0.05) is 0 Å². The summed E-state index contributed by atoms with van der Waals surface area (Å²) in [5, 5.41) is 23.7. The minimum absolute atomic E-state index is 0.0842. The van der Waals surface area contributed by atoms with Crippen LogP contribution in [0.1, 0.15) is 27.8 Å². The predicted molar refractivity (Wildman–Crippen MR) is 178 cm³/mol. The van der Waals surface area contributed by atoms with Crippen molar-refractivity contribution < 1.29 is 33.9 Å². The first-order valence-electron chi connectivity index (χ1n) is 15.9. The molecule has 0 spiro atoms. The van der Waals surface area contributed by atoms with E-state index in [0.29, 0.717) is 6.61 Å². The highest BCUT2D eigenvalue weighted by Gasteiger charge is 2.58. The van der Waals surface area contributed by atoms with Crippen LogP contribution in [0.5, 0.6) is 5.75 Å². The second kappa shape index (κ2) is 16.0. The van der Waals surface area contributed by atoms with Crippen molar-refractivity contribution in [2.45, 2.75) is 56.6 Å². The zero-order valence-electron chi connectivity index (χ0n) is 26.1. The van der Waals surface area contributed by atoms with Crippen LogP contribution in [-0.2, 0) is 55.9 Å². The van der Waals surface area contributed by atoms with Gasteiger partial charge in [-0.05, 0) is 34.4 Å². The topological polar surface area (TPSA) is 86.6 Å². The smallest absolute Gasteiger partial charge is 0.226 e. The van der Waals surface area contributed by atoms with E-state index in [4.69, 9.17) is 23.7 Å². The van der Waals surface area contributed by atoms with Crippen LogP contribution in [0.25, 0.3) is 0 Å². The molecule has 5 atom stereocenters. The summed E-state index contributed by atoms with van der Waals surface area (Å²) < 4.78 is 32.7. The summed E-state index contributed by atoms with van der Waals surface area (Å²) in [4.78, 5) is 0. The standard InChI is InChI=1S/C40H40O7/c41-35-24-14-13-23-34(35)40(42)39(46-28-33-21-11-4-12-22-33)38(45-27-32-19-9-3-10-20-32)37(44-26-31-17-7-2-8-18-31)36(47-40)29-43-25-30-15-5-1-6-16-30/h1-24,36-39,41-42H,25-29H2. The molecule has 0 saturated carbocycles. The Morgan fingerprint density at radius 2 is 0.936 bits per heavy atom. The van der Waals surface area contributed by atoms with E-state index < -0.39 is 30.2 Å². The Labute approximate surface area is 275 Å². The molecule has 1 aliphatic rings. The molecular formula is C40H40O7. The molecule has 1 heterocycles. The Bertz CT molecular complexity index is 1640. The Kier molecular flexibility index (Phi) is 11.1. The van der Waals surface area contributed by atoms with Gasteiger partial charge in [-0.15, -0.1) is 0 Å². The number of rotatable bonds is 14. The molecular weight excluding hydrogens is 592 g/mol.